The molecule has 3 N–H and O–H groups in total. The fourth-order valence-corrected chi connectivity index (χ4v) is 3.11. The molecule has 0 bridgehead atoms. The van der Waals surface area contributed by atoms with Crippen LogP contribution in [0.3, 0.4) is 0 Å². The van der Waals surface area contributed by atoms with Crippen LogP contribution in [0.4, 0.5) is 10.5 Å². The normalized spacial score (nSPS) is 14.8. The number of carbonyl (C=O) groups is 2. The summed E-state index contributed by atoms with van der Waals surface area (Å²) in [6.45, 7) is 5.98. The van der Waals surface area contributed by atoms with Crippen molar-refractivity contribution in [2.24, 2.45) is 0 Å². The molecule has 0 saturated carbocycles. The van der Waals surface area contributed by atoms with Crippen LogP contribution in [0.5, 0.6) is 0 Å². The molecule has 0 aliphatic carbocycles. The summed E-state index contributed by atoms with van der Waals surface area (Å²) in [4.78, 5) is 27.4. The number of anilines is 1. The number of aromatic nitrogens is 1. The van der Waals surface area contributed by atoms with E-state index in [-0.39, 0.29) is 12.3 Å². The van der Waals surface area contributed by atoms with E-state index in [0.29, 0.717) is 23.7 Å². The van der Waals surface area contributed by atoms with Crippen molar-refractivity contribution in [2.45, 2.75) is 39.2 Å². The minimum Gasteiger partial charge on any atom is -0.444 e. The number of rotatable bonds is 1. The first kappa shape index (κ1) is 16.6. The minimum absolute atomic E-state index is 0.0344. The van der Waals surface area contributed by atoms with E-state index in [0.717, 1.165) is 22.2 Å². The van der Waals surface area contributed by atoms with Gasteiger partial charge in [0.25, 0.3) is 0 Å². The fourth-order valence-electron chi connectivity index (χ4n) is 2.89. The summed E-state index contributed by atoms with van der Waals surface area (Å²) < 4.78 is 5.31. The van der Waals surface area contributed by atoms with Crippen LogP contribution in [0, 0.1) is 0 Å². The van der Waals surface area contributed by atoms with Crippen LogP contribution in [0.25, 0.3) is 10.9 Å². The highest BCUT2D eigenvalue weighted by Gasteiger charge is 2.23. The van der Waals surface area contributed by atoms with E-state index in [9.17, 15) is 9.59 Å². The Labute approximate surface area is 144 Å². The molecule has 0 radical (unpaired) electrons. The number of hydrogen-bond acceptors (Lipinski definition) is 3. The summed E-state index contributed by atoms with van der Waals surface area (Å²) in [5, 5.41) is 6.90. The van der Waals surface area contributed by atoms with Crippen molar-refractivity contribution in [1.29, 1.82) is 0 Å². The van der Waals surface area contributed by atoms with Gasteiger partial charge in [-0.25, -0.2) is 4.79 Å². The van der Waals surface area contributed by atoms with Crippen molar-refractivity contribution in [3.63, 3.8) is 0 Å². The summed E-state index contributed by atoms with van der Waals surface area (Å²) >= 11 is 6.17. The Morgan fingerprint density at radius 3 is 2.79 bits per heavy atom. The van der Waals surface area contributed by atoms with E-state index >= 15 is 0 Å². The van der Waals surface area contributed by atoms with Gasteiger partial charge >= 0.3 is 6.09 Å². The number of halogens is 1. The third-order valence-corrected chi connectivity index (χ3v) is 3.94. The Balaban J connectivity index is 2.05. The average Bonchev–Trinajstić information content (AvgIpc) is 2.63. The first-order valence-electron chi connectivity index (χ1n) is 7.82. The fraction of sp³-hybridized carbons (Fsp3) is 0.412. The predicted molar refractivity (Wildman–Crippen MR) is 93.6 cm³/mol. The molecule has 1 aliphatic rings. The molecule has 1 aromatic carbocycles. The zero-order valence-electron chi connectivity index (χ0n) is 13.9. The largest absolute Gasteiger partial charge is 0.444 e. The van der Waals surface area contributed by atoms with E-state index < -0.39 is 11.7 Å². The smallest absolute Gasteiger partial charge is 0.412 e. The molecule has 3 rings (SSSR count). The molecule has 1 aromatic heterocycles. The van der Waals surface area contributed by atoms with E-state index in [1.807, 2.05) is 0 Å². The van der Waals surface area contributed by atoms with Crippen LogP contribution < -0.4 is 10.6 Å². The third-order valence-electron chi connectivity index (χ3n) is 3.72. The van der Waals surface area contributed by atoms with Crippen LogP contribution in [0.2, 0.25) is 5.02 Å². The maximum atomic E-state index is 12.1. The second-order valence-electron chi connectivity index (χ2n) is 6.86. The number of aromatic amines is 1. The highest BCUT2D eigenvalue weighted by atomic mass is 35.5. The Hall–Kier alpha value is -2.21. The summed E-state index contributed by atoms with van der Waals surface area (Å²) in [6.07, 6.45) is 0.415. The number of ether oxygens (including phenoxy) is 1. The number of hydrogen-bond donors (Lipinski definition) is 3. The first-order chi connectivity index (χ1) is 11.2. The Morgan fingerprint density at radius 2 is 2.08 bits per heavy atom. The quantitative estimate of drug-likeness (QED) is 0.738. The molecule has 7 heteroatoms. The molecular formula is C17H20ClN3O3. The van der Waals surface area contributed by atoms with Gasteiger partial charge in [0.05, 0.1) is 12.1 Å². The van der Waals surface area contributed by atoms with Crippen molar-refractivity contribution < 1.29 is 14.3 Å². The van der Waals surface area contributed by atoms with E-state index in [1.165, 1.54) is 0 Å². The molecule has 1 aliphatic heterocycles. The number of benzene rings is 1. The van der Waals surface area contributed by atoms with E-state index in [4.69, 9.17) is 16.3 Å². The van der Waals surface area contributed by atoms with Gasteiger partial charge in [-0.15, -0.1) is 0 Å². The van der Waals surface area contributed by atoms with Gasteiger partial charge in [-0.3, -0.25) is 10.1 Å². The van der Waals surface area contributed by atoms with Crippen molar-refractivity contribution in [2.75, 3.05) is 11.9 Å². The maximum absolute atomic E-state index is 12.1. The molecule has 24 heavy (non-hydrogen) atoms. The van der Waals surface area contributed by atoms with Gasteiger partial charge in [0.15, 0.2) is 0 Å². The molecule has 2 heterocycles. The van der Waals surface area contributed by atoms with Gasteiger partial charge in [-0.05, 0) is 38.5 Å². The predicted octanol–water partition coefficient (Wildman–Crippen LogP) is 3.38. The molecule has 0 fully saturated rings. The van der Waals surface area contributed by atoms with Crippen molar-refractivity contribution in [3.05, 3.63) is 28.4 Å². The van der Waals surface area contributed by atoms with Crippen LogP contribution >= 0.6 is 11.6 Å². The topological polar surface area (TPSA) is 83.2 Å². The second-order valence-corrected chi connectivity index (χ2v) is 7.30. The van der Waals surface area contributed by atoms with Crippen LogP contribution in [-0.4, -0.2) is 29.1 Å². The number of H-pyrrole nitrogens is 1. The molecule has 0 unspecified atom stereocenters. The van der Waals surface area contributed by atoms with Gasteiger partial charge in [0, 0.05) is 34.6 Å². The SMILES string of the molecule is CC(C)(C)OC(=O)Nc1cc(Cl)cc2[nH]c3c(c12)CC(=O)NCC3. The summed E-state index contributed by atoms with van der Waals surface area (Å²) in [5.74, 6) is -0.0344. The third kappa shape index (κ3) is 3.48. The summed E-state index contributed by atoms with van der Waals surface area (Å²) in [5.41, 5.74) is 2.62. The molecular weight excluding hydrogens is 330 g/mol. The van der Waals surface area contributed by atoms with E-state index in [1.54, 1.807) is 32.9 Å². The molecule has 6 nitrogen and oxygen atoms in total. The molecule has 2 amide bonds. The van der Waals surface area contributed by atoms with Crippen molar-refractivity contribution in [3.8, 4) is 0 Å². The lowest BCUT2D eigenvalue weighted by Crippen LogP contribution is -2.27. The van der Waals surface area contributed by atoms with Gasteiger partial charge in [0.1, 0.15) is 5.60 Å². The van der Waals surface area contributed by atoms with Crippen LogP contribution in [0.15, 0.2) is 12.1 Å². The van der Waals surface area contributed by atoms with Gasteiger partial charge in [0.2, 0.25) is 5.91 Å². The van der Waals surface area contributed by atoms with Crippen LogP contribution in [0.1, 0.15) is 32.0 Å². The first-order valence-corrected chi connectivity index (χ1v) is 8.20. The lowest BCUT2D eigenvalue weighted by atomic mass is 10.0. The minimum atomic E-state index is -0.600. The molecule has 0 saturated heterocycles. The highest BCUT2D eigenvalue weighted by Crippen LogP contribution is 2.34. The standard InChI is InChI=1S/C17H20ClN3O3/c1-17(2,3)24-16(23)21-13-7-9(18)6-12-15(13)10-8-14(22)19-5-4-11(10)20-12/h6-7,20H,4-5,8H2,1-3H3,(H,19,22)(H,21,23). The highest BCUT2D eigenvalue weighted by molar-refractivity contribution is 6.32. The Morgan fingerprint density at radius 1 is 1.33 bits per heavy atom. The van der Waals surface area contributed by atoms with E-state index in [2.05, 4.69) is 15.6 Å². The van der Waals surface area contributed by atoms with Gasteiger partial charge in [-0.2, -0.15) is 0 Å². The molecule has 128 valence electrons. The van der Waals surface area contributed by atoms with Gasteiger partial charge in [-0.1, -0.05) is 11.6 Å². The maximum Gasteiger partial charge on any atom is 0.412 e. The number of carbonyl (C=O) groups excluding carboxylic acids is 2. The Bertz CT molecular complexity index is 821. The zero-order valence-corrected chi connectivity index (χ0v) is 14.6. The Kier molecular flexibility index (Phi) is 4.17. The number of amides is 2. The van der Waals surface area contributed by atoms with Crippen molar-refractivity contribution in [1.82, 2.24) is 10.3 Å². The van der Waals surface area contributed by atoms with Crippen molar-refractivity contribution >= 4 is 40.2 Å². The lowest BCUT2D eigenvalue weighted by Gasteiger charge is -2.20. The monoisotopic (exact) mass is 349 g/mol. The molecule has 0 spiro atoms. The molecule has 2 aromatic rings. The lowest BCUT2D eigenvalue weighted by molar-refractivity contribution is -0.120. The summed E-state index contributed by atoms with van der Waals surface area (Å²) in [7, 11) is 0. The summed E-state index contributed by atoms with van der Waals surface area (Å²) in [6, 6.07) is 3.47. The molecule has 0 atom stereocenters. The number of fused-ring (bicyclic) bond motifs is 3. The second kappa shape index (κ2) is 6.02. The zero-order chi connectivity index (χ0) is 17.5. The number of nitrogens with one attached hydrogen (secondary N) is 3. The van der Waals surface area contributed by atoms with Gasteiger partial charge < -0.3 is 15.0 Å². The average molecular weight is 350 g/mol. The van der Waals surface area contributed by atoms with Crippen LogP contribution in [-0.2, 0) is 22.4 Å².